The van der Waals surface area contributed by atoms with E-state index >= 15 is 0 Å². The van der Waals surface area contributed by atoms with E-state index in [0.717, 1.165) is 18.4 Å². The van der Waals surface area contributed by atoms with Crippen molar-refractivity contribution >= 4 is 6.03 Å². The molecule has 17 heavy (non-hydrogen) atoms. The molecule has 0 saturated heterocycles. The molecule has 1 aliphatic carbocycles. The summed E-state index contributed by atoms with van der Waals surface area (Å²) in [6, 6.07) is 6.50. The van der Waals surface area contributed by atoms with Crippen LogP contribution in [0.4, 0.5) is 9.18 Å². The molecule has 1 fully saturated rings. The van der Waals surface area contributed by atoms with Crippen molar-refractivity contribution in [2.24, 2.45) is 0 Å². The molecule has 1 N–H and O–H groups in total. The lowest BCUT2D eigenvalue weighted by Crippen LogP contribution is -2.45. The van der Waals surface area contributed by atoms with E-state index in [9.17, 15) is 9.18 Å². The van der Waals surface area contributed by atoms with E-state index < -0.39 is 0 Å². The molecule has 0 heterocycles. The Kier molecular flexibility index (Phi) is 3.61. The second-order valence-corrected chi connectivity index (χ2v) is 4.56. The van der Waals surface area contributed by atoms with Crippen LogP contribution in [0.5, 0.6) is 0 Å². The Morgan fingerprint density at radius 3 is 2.59 bits per heavy atom. The first-order chi connectivity index (χ1) is 8.15. The lowest BCUT2D eigenvalue weighted by atomic mass is 9.93. The van der Waals surface area contributed by atoms with Crippen LogP contribution in [0.15, 0.2) is 24.3 Å². The van der Waals surface area contributed by atoms with E-state index in [0.29, 0.717) is 12.6 Å². The van der Waals surface area contributed by atoms with Gasteiger partial charge < -0.3 is 10.2 Å². The van der Waals surface area contributed by atoms with Gasteiger partial charge in [0.15, 0.2) is 0 Å². The van der Waals surface area contributed by atoms with Crippen LogP contribution >= 0.6 is 0 Å². The van der Waals surface area contributed by atoms with Gasteiger partial charge in [-0.15, -0.1) is 0 Å². The van der Waals surface area contributed by atoms with Gasteiger partial charge in [0.05, 0.1) is 0 Å². The number of rotatable bonds is 3. The summed E-state index contributed by atoms with van der Waals surface area (Å²) in [5.74, 6) is -0.254. The van der Waals surface area contributed by atoms with Crippen molar-refractivity contribution in [3.05, 3.63) is 35.6 Å². The van der Waals surface area contributed by atoms with Gasteiger partial charge in [-0.25, -0.2) is 9.18 Å². The number of urea groups is 1. The van der Waals surface area contributed by atoms with Crippen molar-refractivity contribution in [1.29, 1.82) is 0 Å². The van der Waals surface area contributed by atoms with Crippen molar-refractivity contribution in [3.63, 3.8) is 0 Å². The molecule has 1 aromatic carbocycles. The van der Waals surface area contributed by atoms with Crippen LogP contribution in [0.25, 0.3) is 0 Å². The molecule has 3 nitrogen and oxygen atoms in total. The third-order valence-electron chi connectivity index (χ3n) is 3.11. The van der Waals surface area contributed by atoms with Crippen LogP contribution in [0.1, 0.15) is 24.8 Å². The Balaban J connectivity index is 1.84. The highest BCUT2D eigenvalue weighted by atomic mass is 19.1. The molecule has 0 unspecified atom stereocenters. The van der Waals surface area contributed by atoms with Crippen molar-refractivity contribution < 1.29 is 9.18 Å². The van der Waals surface area contributed by atoms with Crippen molar-refractivity contribution in [3.8, 4) is 0 Å². The highest BCUT2D eigenvalue weighted by Gasteiger charge is 2.20. The minimum absolute atomic E-state index is 0.0565. The Morgan fingerprint density at radius 2 is 2.06 bits per heavy atom. The number of nitrogens with zero attached hydrogens (tertiary/aromatic N) is 1. The lowest BCUT2D eigenvalue weighted by molar-refractivity contribution is 0.195. The molecular weight excluding hydrogens is 219 g/mol. The molecule has 0 radical (unpaired) electrons. The van der Waals surface area contributed by atoms with Gasteiger partial charge in [-0.05, 0) is 37.0 Å². The third-order valence-corrected chi connectivity index (χ3v) is 3.11. The minimum atomic E-state index is -0.254. The summed E-state index contributed by atoms with van der Waals surface area (Å²) in [7, 11) is 1.75. The Morgan fingerprint density at radius 1 is 1.41 bits per heavy atom. The first-order valence-electron chi connectivity index (χ1n) is 5.91. The van der Waals surface area contributed by atoms with Crippen LogP contribution in [0.3, 0.4) is 0 Å². The number of carbonyl (C=O) groups excluding carboxylic acids is 1. The topological polar surface area (TPSA) is 32.3 Å². The summed E-state index contributed by atoms with van der Waals surface area (Å²) in [6.45, 7) is 0.499. The number of nitrogens with one attached hydrogen (secondary N) is 1. The van der Waals surface area contributed by atoms with E-state index in [-0.39, 0.29) is 11.8 Å². The van der Waals surface area contributed by atoms with Crippen LogP contribution in [-0.2, 0) is 6.54 Å². The monoisotopic (exact) mass is 236 g/mol. The molecule has 1 aromatic rings. The summed E-state index contributed by atoms with van der Waals surface area (Å²) in [4.78, 5) is 13.4. The van der Waals surface area contributed by atoms with Gasteiger partial charge in [0.2, 0.25) is 0 Å². The maximum atomic E-state index is 12.7. The average Bonchev–Trinajstić information content (AvgIpc) is 2.26. The fourth-order valence-corrected chi connectivity index (χ4v) is 1.77. The highest BCUT2D eigenvalue weighted by Crippen LogP contribution is 2.18. The molecular formula is C13H17FN2O. The molecule has 1 aliphatic rings. The van der Waals surface area contributed by atoms with Gasteiger partial charge in [-0.3, -0.25) is 0 Å². The second kappa shape index (κ2) is 5.17. The van der Waals surface area contributed by atoms with Gasteiger partial charge in [0.25, 0.3) is 0 Å². The van der Waals surface area contributed by atoms with E-state index in [2.05, 4.69) is 5.32 Å². The van der Waals surface area contributed by atoms with Crippen LogP contribution in [0.2, 0.25) is 0 Å². The van der Waals surface area contributed by atoms with Gasteiger partial charge >= 0.3 is 6.03 Å². The molecule has 92 valence electrons. The molecule has 1 saturated carbocycles. The molecule has 2 amide bonds. The maximum absolute atomic E-state index is 12.7. The molecule has 0 aliphatic heterocycles. The fourth-order valence-electron chi connectivity index (χ4n) is 1.77. The lowest BCUT2D eigenvalue weighted by Gasteiger charge is -2.29. The molecule has 0 atom stereocenters. The van der Waals surface area contributed by atoms with Crippen molar-refractivity contribution in [2.75, 3.05) is 7.05 Å². The zero-order valence-corrected chi connectivity index (χ0v) is 9.95. The summed E-state index contributed by atoms with van der Waals surface area (Å²) in [5.41, 5.74) is 0.928. The average molecular weight is 236 g/mol. The van der Waals surface area contributed by atoms with Gasteiger partial charge in [0, 0.05) is 19.6 Å². The number of halogens is 1. The molecule has 0 spiro atoms. The second-order valence-electron chi connectivity index (χ2n) is 4.56. The minimum Gasteiger partial charge on any atom is -0.335 e. The van der Waals surface area contributed by atoms with E-state index in [1.807, 2.05) is 0 Å². The smallest absolute Gasteiger partial charge is 0.317 e. The highest BCUT2D eigenvalue weighted by molar-refractivity contribution is 5.74. The van der Waals surface area contributed by atoms with Crippen molar-refractivity contribution in [2.45, 2.75) is 31.8 Å². The number of hydrogen-bond donors (Lipinski definition) is 1. The summed E-state index contributed by atoms with van der Waals surface area (Å²) < 4.78 is 12.7. The predicted molar refractivity (Wildman–Crippen MR) is 64.0 cm³/mol. The zero-order valence-electron chi connectivity index (χ0n) is 9.95. The Hall–Kier alpha value is -1.58. The molecule has 4 heteroatoms. The maximum Gasteiger partial charge on any atom is 0.317 e. The largest absolute Gasteiger partial charge is 0.335 e. The first kappa shape index (κ1) is 11.9. The van der Waals surface area contributed by atoms with Gasteiger partial charge in [-0.2, -0.15) is 0 Å². The summed E-state index contributed by atoms with van der Waals surface area (Å²) in [5, 5.41) is 2.96. The third kappa shape index (κ3) is 3.19. The van der Waals surface area contributed by atoms with E-state index in [1.54, 1.807) is 24.1 Å². The normalized spacial score (nSPS) is 15.2. The zero-order chi connectivity index (χ0) is 12.3. The fraction of sp³-hybridized carbons (Fsp3) is 0.462. The number of amides is 2. The van der Waals surface area contributed by atoms with Crippen molar-refractivity contribution in [1.82, 2.24) is 10.2 Å². The predicted octanol–water partition coefficient (Wildman–Crippen LogP) is 2.52. The standard InChI is InChI=1S/C13H17FN2O/c1-16(13(17)15-12-3-2-4-12)9-10-5-7-11(14)8-6-10/h5-8,12H,2-4,9H2,1H3,(H,15,17). The SMILES string of the molecule is CN(Cc1ccc(F)cc1)C(=O)NC1CCC1. The van der Waals surface area contributed by atoms with Crippen LogP contribution < -0.4 is 5.32 Å². The quantitative estimate of drug-likeness (QED) is 0.859. The molecule has 0 aromatic heterocycles. The van der Waals surface area contributed by atoms with Gasteiger partial charge in [-0.1, -0.05) is 12.1 Å². The summed E-state index contributed by atoms with van der Waals surface area (Å²) in [6.07, 6.45) is 3.36. The molecule has 2 rings (SSSR count). The van der Waals surface area contributed by atoms with E-state index in [4.69, 9.17) is 0 Å². The Bertz CT molecular complexity index is 387. The van der Waals surface area contributed by atoms with E-state index in [1.165, 1.54) is 18.6 Å². The first-order valence-corrected chi connectivity index (χ1v) is 5.91. The number of carbonyl (C=O) groups is 1. The Labute approximate surface area is 101 Å². The van der Waals surface area contributed by atoms with Gasteiger partial charge in [0.1, 0.15) is 5.82 Å². The van der Waals surface area contributed by atoms with Crippen LogP contribution in [-0.4, -0.2) is 24.0 Å². The molecule has 0 bridgehead atoms. The number of benzene rings is 1. The number of hydrogen-bond acceptors (Lipinski definition) is 1. The van der Waals surface area contributed by atoms with Crippen LogP contribution in [0, 0.1) is 5.82 Å². The summed E-state index contributed by atoms with van der Waals surface area (Å²) >= 11 is 0.